The molecule has 0 spiro atoms. The number of carbonyl (C=O) groups excluding carboxylic acids is 1. The lowest BCUT2D eigenvalue weighted by molar-refractivity contribution is -0.113. The summed E-state index contributed by atoms with van der Waals surface area (Å²) in [6.07, 6.45) is 1.46. The van der Waals surface area contributed by atoms with Crippen molar-refractivity contribution in [1.82, 2.24) is 15.2 Å². The second kappa shape index (κ2) is 9.06. The molecule has 0 aliphatic heterocycles. The lowest BCUT2D eigenvalue weighted by atomic mass is 10.2. The van der Waals surface area contributed by atoms with Crippen molar-refractivity contribution in [3.8, 4) is 5.75 Å². The number of aromatic amines is 1. The number of aromatic nitrogens is 3. The zero-order chi connectivity index (χ0) is 19.1. The number of nitrogens with one attached hydrogen (secondary N) is 3. The van der Waals surface area contributed by atoms with Crippen LogP contribution in [0, 0.1) is 0 Å². The quantitative estimate of drug-likeness (QED) is 0.273. The molecule has 0 fully saturated rings. The molecule has 10 heteroatoms. The number of hydrazone groups is 1. The first kappa shape index (κ1) is 18.7. The van der Waals surface area contributed by atoms with Crippen LogP contribution >= 0.6 is 23.4 Å². The Hall–Kier alpha value is -3.04. The number of hydrogen-bond donors (Lipinski definition) is 4. The zero-order valence-electron chi connectivity index (χ0n) is 13.9. The number of nitrogens with zero attached hydrogens (tertiary/aromatic N) is 3. The third kappa shape index (κ3) is 5.73. The van der Waals surface area contributed by atoms with Crippen LogP contribution in [0.2, 0.25) is 5.02 Å². The van der Waals surface area contributed by atoms with E-state index in [1.807, 2.05) is 0 Å². The normalized spacial score (nSPS) is 10.9. The van der Waals surface area contributed by atoms with Crippen LogP contribution in [0.3, 0.4) is 0 Å². The Labute approximate surface area is 164 Å². The molecule has 0 unspecified atom stereocenters. The molecule has 3 aromatic rings. The number of aromatic hydroxyl groups is 1. The fraction of sp³-hybridized carbons (Fsp3) is 0.0588. The molecule has 0 radical (unpaired) electrons. The second-order valence-electron chi connectivity index (χ2n) is 5.24. The number of phenols is 1. The van der Waals surface area contributed by atoms with Gasteiger partial charge in [0.1, 0.15) is 5.75 Å². The molecule has 3 rings (SSSR count). The molecule has 138 valence electrons. The molecule has 1 aromatic heterocycles. The van der Waals surface area contributed by atoms with E-state index < -0.39 is 0 Å². The van der Waals surface area contributed by atoms with Gasteiger partial charge < -0.3 is 10.4 Å². The van der Waals surface area contributed by atoms with E-state index in [2.05, 4.69) is 31.0 Å². The lowest BCUT2D eigenvalue weighted by Crippen LogP contribution is -2.14. The van der Waals surface area contributed by atoms with Gasteiger partial charge in [0.25, 0.3) is 0 Å². The van der Waals surface area contributed by atoms with Crippen LogP contribution < -0.4 is 10.7 Å². The van der Waals surface area contributed by atoms with Crippen LogP contribution in [0.4, 0.5) is 11.6 Å². The molecule has 1 amide bonds. The van der Waals surface area contributed by atoms with Crippen molar-refractivity contribution in [2.75, 3.05) is 16.5 Å². The van der Waals surface area contributed by atoms with Crippen LogP contribution in [0.15, 0.2) is 58.8 Å². The SMILES string of the molecule is O=C(CSc1n[nH]c(N/N=C/c2ccccc2O)n1)Nc1cccc(Cl)c1. The maximum atomic E-state index is 12.0. The van der Waals surface area contributed by atoms with E-state index >= 15 is 0 Å². The first-order chi connectivity index (χ1) is 13.1. The summed E-state index contributed by atoms with van der Waals surface area (Å²) >= 11 is 7.06. The van der Waals surface area contributed by atoms with Crippen LogP contribution in [0.5, 0.6) is 5.75 Å². The smallest absolute Gasteiger partial charge is 0.240 e. The van der Waals surface area contributed by atoms with Crippen molar-refractivity contribution in [2.24, 2.45) is 5.10 Å². The van der Waals surface area contributed by atoms with Gasteiger partial charge in [-0.3, -0.25) is 4.79 Å². The summed E-state index contributed by atoms with van der Waals surface area (Å²) in [5, 5.41) is 24.0. The molecule has 0 atom stereocenters. The molecule has 0 aliphatic carbocycles. The van der Waals surface area contributed by atoms with Gasteiger partial charge in [-0.1, -0.05) is 41.6 Å². The third-order valence-corrected chi connectivity index (χ3v) is 4.30. The van der Waals surface area contributed by atoms with E-state index in [1.165, 1.54) is 18.0 Å². The predicted molar refractivity (Wildman–Crippen MR) is 107 cm³/mol. The highest BCUT2D eigenvalue weighted by molar-refractivity contribution is 7.99. The van der Waals surface area contributed by atoms with Crippen LogP contribution in [0.1, 0.15) is 5.56 Å². The minimum absolute atomic E-state index is 0.127. The van der Waals surface area contributed by atoms with Crippen molar-refractivity contribution in [3.05, 3.63) is 59.1 Å². The Morgan fingerprint density at radius 1 is 1.30 bits per heavy atom. The van der Waals surface area contributed by atoms with Crippen molar-refractivity contribution in [2.45, 2.75) is 5.16 Å². The number of para-hydroxylation sites is 1. The average Bonchev–Trinajstić information content (AvgIpc) is 3.09. The maximum Gasteiger partial charge on any atom is 0.240 e. The maximum absolute atomic E-state index is 12.0. The Morgan fingerprint density at radius 2 is 2.15 bits per heavy atom. The lowest BCUT2D eigenvalue weighted by Gasteiger charge is -2.03. The molecule has 8 nitrogen and oxygen atoms in total. The molecule has 0 saturated carbocycles. The first-order valence-corrected chi connectivity index (χ1v) is 9.14. The van der Waals surface area contributed by atoms with Crippen LogP contribution in [-0.4, -0.2) is 38.2 Å². The van der Waals surface area contributed by atoms with E-state index in [4.69, 9.17) is 11.6 Å². The van der Waals surface area contributed by atoms with Gasteiger partial charge in [-0.05, 0) is 30.3 Å². The van der Waals surface area contributed by atoms with Gasteiger partial charge in [0.05, 0.1) is 12.0 Å². The Kier molecular flexibility index (Phi) is 6.29. The van der Waals surface area contributed by atoms with Gasteiger partial charge in [-0.2, -0.15) is 10.1 Å². The highest BCUT2D eigenvalue weighted by atomic mass is 35.5. The number of thioether (sulfide) groups is 1. The Morgan fingerprint density at radius 3 is 2.96 bits per heavy atom. The Balaban J connectivity index is 1.48. The number of hydrogen-bond acceptors (Lipinski definition) is 7. The van der Waals surface area contributed by atoms with Crippen molar-refractivity contribution < 1.29 is 9.90 Å². The van der Waals surface area contributed by atoms with Gasteiger partial charge in [-0.25, -0.2) is 10.5 Å². The fourth-order valence-electron chi connectivity index (χ4n) is 2.01. The van der Waals surface area contributed by atoms with Gasteiger partial charge in [0, 0.05) is 16.3 Å². The summed E-state index contributed by atoms with van der Waals surface area (Å²) in [4.78, 5) is 16.1. The summed E-state index contributed by atoms with van der Waals surface area (Å²) in [6.45, 7) is 0. The van der Waals surface area contributed by atoms with Gasteiger partial charge >= 0.3 is 0 Å². The van der Waals surface area contributed by atoms with Crippen molar-refractivity contribution >= 4 is 47.1 Å². The summed E-state index contributed by atoms with van der Waals surface area (Å²) in [5.41, 5.74) is 3.87. The molecule has 2 aromatic carbocycles. The molecule has 1 heterocycles. The molecular formula is C17H15ClN6O2S. The van der Waals surface area contributed by atoms with E-state index in [9.17, 15) is 9.90 Å². The topological polar surface area (TPSA) is 115 Å². The highest BCUT2D eigenvalue weighted by Gasteiger charge is 2.08. The number of benzene rings is 2. The molecule has 0 saturated heterocycles. The second-order valence-corrected chi connectivity index (χ2v) is 6.62. The van der Waals surface area contributed by atoms with Crippen LogP contribution in [-0.2, 0) is 4.79 Å². The highest BCUT2D eigenvalue weighted by Crippen LogP contribution is 2.17. The number of phenolic OH excluding ortho intramolecular Hbond substituents is 1. The fourth-order valence-corrected chi connectivity index (χ4v) is 2.80. The standard InChI is InChI=1S/C17H15ClN6O2S/c18-12-5-3-6-13(8-12)20-15(26)10-27-17-21-16(23-24-17)22-19-9-11-4-1-2-7-14(11)25/h1-9,25H,10H2,(H,20,26)(H2,21,22,23,24)/b19-9+. The zero-order valence-corrected chi connectivity index (χ0v) is 15.5. The molecule has 4 N–H and O–H groups in total. The monoisotopic (exact) mass is 402 g/mol. The van der Waals surface area contributed by atoms with E-state index in [1.54, 1.807) is 48.5 Å². The predicted octanol–water partition coefficient (Wildman–Crippen LogP) is 3.34. The molecule has 0 bridgehead atoms. The molecule has 0 aliphatic rings. The summed E-state index contributed by atoms with van der Waals surface area (Å²) in [5.74, 6) is 0.395. The van der Waals surface area contributed by atoms with E-state index in [-0.39, 0.29) is 17.4 Å². The number of carbonyl (C=O) groups is 1. The first-order valence-electron chi connectivity index (χ1n) is 7.78. The summed E-state index contributed by atoms with van der Waals surface area (Å²) in [7, 11) is 0. The third-order valence-electron chi connectivity index (χ3n) is 3.22. The summed E-state index contributed by atoms with van der Waals surface area (Å²) < 4.78 is 0. The van der Waals surface area contributed by atoms with Crippen molar-refractivity contribution in [3.63, 3.8) is 0 Å². The minimum atomic E-state index is -0.195. The molecular weight excluding hydrogens is 388 g/mol. The number of H-pyrrole nitrogens is 1. The van der Waals surface area contributed by atoms with Gasteiger partial charge in [-0.15, -0.1) is 5.10 Å². The number of anilines is 2. The average molecular weight is 403 g/mol. The minimum Gasteiger partial charge on any atom is -0.507 e. The number of halogens is 1. The molecule has 27 heavy (non-hydrogen) atoms. The van der Waals surface area contributed by atoms with Gasteiger partial charge in [0.15, 0.2) is 0 Å². The van der Waals surface area contributed by atoms with E-state index in [0.29, 0.717) is 27.4 Å². The van der Waals surface area contributed by atoms with Crippen LogP contribution in [0.25, 0.3) is 0 Å². The van der Waals surface area contributed by atoms with Gasteiger partial charge in [0.2, 0.25) is 17.0 Å². The largest absolute Gasteiger partial charge is 0.507 e. The number of rotatable bonds is 7. The Bertz CT molecular complexity index is 962. The van der Waals surface area contributed by atoms with Crippen molar-refractivity contribution in [1.29, 1.82) is 0 Å². The summed E-state index contributed by atoms with van der Waals surface area (Å²) in [6, 6.07) is 13.7. The van der Waals surface area contributed by atoms with E-state index in [0.717, 1.165) is 0 Å². The number of amides is 1.